The lowest BCUT2D eigenvalue weighted by Gasteiger charge is -2.23. The highest BCUT2D eigenvalue weighted by Crippen LogP contribution is 2.22. The summed E-state index contributed by atoms with van der Waals surface area (Å²) >= 11 is 1.84. The van der Waals surface area contributed by atoms with E-state index in [-0.39, 0.29) is 0 Å². The first-order valence-corrected chi connectivity index (χ1v) is 6.54. The minimum atomic E-state index is 0.516. The molecule has 0 saturated heterocycles. The van der Waals surface area contributed by atoms with Gasteiger partial charge in [-0.2, -0.15) is 0 Å². The molecule has 0 amide bonds. The molecule has 1 unspecified atom stereocenters. The number of nitrogens with zero attached hydrogens (tertiary/aromatic N) is 1. The molecule has 0 fully saturated rings. The van der Waals surface area contributed by atoms with E-state index in [1.54, 1.807) is 0 Å². The van der Waals surface area contributed by atoms with Crippen LogP contribution in [0.25, 0.3) is 0 Å². The molecule has 1 aromatic rings. The van der Waals surface area contributed by atoms with E-state index in [9.17, 15) is 0 Å². The average molecular weight is 226 g/mol. The maximum atomic E-state index is 3.52. The van der Waals surface area contributed by atoms with E-state index >= 15 is 0 Å². The van der Waals surface area contributed by atoms with Gasteiger partial charge in [0.2, 0.25) is 0 Å². The molecular weight excluding hydrogens is 204 g/mol. The molecule has 3 heteroatoms. The maximum Gasteiger partial charge on any atom is 0.0561 e. The smallest absolute Gasteiger partial charge is 0.0561 e. The van der Waals surface area contributed by atoms with E-state index in [2.05, 4.69) is 48.7 Å². The molecule has 1 N–H and O–H groups in total. The molecule has 0 spiro atoms. The fraction of sp³-hybridized carbons (Fsp3) is 0.667. The zero-order valence-corrected chi connectivity index (χ0v) is 10.8. The highest BCUT2D eigenvalue weighted by Gasteiger charge is 2.13. The van der Waals surface area contributed by atoms with Gasteiger partial charge in [0.1, 0.15) is 0 Å². The van der Waals surface area contributed by atoms with Gasteiger partial charge in [0.15, 0.2) is 0 Å². The van der Waals surface area contributed by atoms with Crippen LogP contribution in [0.15, 0.2) is 17.5 Å². The molecule has 1 heterocycles. The van der Waals surface area contributed by atoms with Crippen LogP contribution in [0.5, 0.6) is 0 Å². The molecule has 1 rings (SSSR count). The lowest BCUT2D eigenvalue weighted by Crippen LogP contribution is -2.30. The second-order valence-electron chi connectivity index (χ2n) is 4.05. The van der Waals surface area contributed by atoms with Gasteiger partial charge in [0.25, 0.3) is 0 Å². The second-order valence-corrected chi connectivity index (χ2v) is 5.03. The first kappa shape index (κ1) is 12.7. The molecule has 1 aromatic heterocycles. The van der Waals surface area contributed by atoms with Crippen LogP contribution in [0, 0.1) is 0 Å². The molecule has 0 aliphatic heterocycles. The van der Waals surface area contributed by atoms with E-state index in [0.717, 1.165) is 13.1 Å². The Morgan fingerprint density at radius 2 is 2.27 bits per heavy atom. The summed E-state index contributed by atoms with van der Waals surface area (Å²) in [6.45, 7) is 4.41. The van der Waals surface area contributed by atoms with Crippen molar-refractivity contribution in [3.8, 4) is 0 Å². The molecule has 86 valence electrons. The number of unbranched alkanes of at least 4 members (excludes halogenated alkanes) is 1. The molecule has 0 aliphatic carbocycles. The van der Waals surface area contributed by atoms with Crippen molar-refractivity contribution in [1.29, 1.82) is 0 Å². The van der Waals surface area contributed by atoms with E-state index in [0.29, 0.717) is 6.04 Å². The van der Waals surface area contributed by atoms with Gasteiger partial charge in [-0.1, -0.05) is 19.4 Å². The third-order valence-corrected chi connectivity index (χ3v) is 3.51. The number of hydrogen-bond acceptors (Lipinski definition) is 3. The summed E-state index contributed by atoms with van der Waals surface area (Å²) < 4.78 is 0. The van der Waals surface area contributed by atoms with Crippen molar-refractivity contribution in [3.63, 3.8) is 0 Å². The van der Waals surface area contributed by atoms with Crippen LogP contribution in [-0.2, 0) is 0 Å². The van der Waals surface area contributed by atoms with Gasteiger partial charge in [0, 0.05) is 11.4 Å². The topological polar surface area (TPSA) is 15.3 Å². The van der Waals surface area contributed by atoms with Crippen LogP contribution in [0.2, 0.25) is 0 Å². The van der Waals surface area contributed by atoms with Crippen molar-refractivity contribution in [3.05, 3.63) is 22.4 Å². The number of rotatable bonds is 7. The number of likely N-dealkylation sites (N-methyl/N-ethyl adjacent to an activating group) is 1. The molecular formula is C12H22N2S. The Labute approximate surface area is 97.3 Å². The molecule has 0 saturated carbocycles. The summed E-state index contributed by atoms with van der Waals surface area (Å²) in [6, 6.07) is 4.86. The average Bonchev–Trinajstić information content (AvgIpc) is 2.70. The van der Waals surface area contributed by atoms with Crippen molar-refractivity contribution in [1.82, 2.24) is 10.2 Å². The minimum Gasteiger partial charge on any atom is -0.315 e. The van der Waals surface area contributed by atoms with E-state index < -0.39 is 0 Å². The summed E-state index contributed by atoms with van der Waals surface area (Å²) in [4.78, 5) is 3.73. The fourth-order valence-corrected chi connectivity index (χ4v) is 2.48. The fourth-order valence-electron chi connectivity index (χ4n) is 1.56. The molecule has 0 radical (unpaired) electrons. The Balaban J connectivity index is 2.39. The second kappa shape index (κ2) is 6.99. The zero-order valence-electron chi connectivity index (χ0n) is 9.99. The molecule has 1 atom stereocenters. The SMILES string of the molecule is CCCCNCC(c1cccs1)N(C)C. The molecule has 0 aromatic carbocycles. The van der Waals surface area contributed by atoms with Crippen LogP contribution in [0.1, 0.15) is 30.7 Å². The van der Waals surface area contributed by atoms with Crippen LogP contribution in [0.3, 0.4) is 0 Å². The molecule has 2 nitrogen and oxygen atoms in total. The monoisotopic (exact) mass is 226 g/mol. The normalized spacial score (nSPS) is 13.3. The quantitative estimate of drug-likeness (QED) is 0.719. The van der Waals surface area contributed by atoms with Crippen LogP contribution >= 0.6 is 11.3 Å². The van der Waals surface area contributed by atoms with Gasteiger partial charge >= 0.3 is 0 Å². The van der Waals surface area contributed by atoms with Gasteiger partial charge in [-0.3, -0.25) is 0 Å². The highest BCUT2D eigenvalue weighted by molar-refractivity contribution is 7.10. The first-order valence-electron chi connectivity index (χ1n) is 5.66. The van der Waals surface area contributed by atoms with Crippen LogP contribution in [0.4, 0.5) is 0 Å². The summed E-state index contributed by atoms with van der Waals surface area (Å²) in [5.74, 6) is 0. The van der Waals surface area contributed by atoms with Gasteiger partial charge in [-0.15, -0.1) is 11.3 Å². The Morgan fingerprint density at radius 3 is 2.80 bits per heavy atom. The highest BCUT2D eigenvalue weighted by atomic mass is 32.1. The third-order valence-electron chi connectivity index (χ3n) is 2.54. The number of hydrogen-bond donors (Lipinski definition) is 1. The number of nitrogens with one attached hydrogen (secondary N) is 1. The van der Waals surface area contributed by atoms with Gasteiger partial charge in [-0.05, 0) is 38.5 Å². The largest absolute Gasteiger partial charge is 0.315 e. The van der Waals surface area contributed by atoms with E-state index in [4.69, 9.17) is 0 Å². The van der Waals surface area contributed by atoms with Crippen molar-refractivity contribution < 1.29 is 0 Å². The zero-order chi connectivity index (χ0) is 11.1. The standard InChI is InChI=1S/C12H22N2S/c1-4-5-8-13-10-11(14(2)3)12-7-6-9-15-12/h6-7,9,11,13H,4-5,8,10H2,1-3H3. The Kier molecular flexibility index (Phi) is 5.91. The van der Waals surface area contributed by atoms with Crippen molar-refractivity contribution in [2.45, 2.75) is 25.8 Å². The van der Waals surface area contributed by atoms with Crippen molar-refractivity contribution in [2.75, 3.05) is 27.2 Å². The minimum absolute atomic E-state index is 0.516. The Morgan fingerprint density at radius 1 is 1.47 bits per heavy atom. The first-order chi connectivity index (χ1) is 7.25. The number of thiophene rings is 1. The Hall–Kier alpha value is -0.380. The van der Waals surface area contributed by atoms with Crippen LogP contribution < -0.4 is 5.32 Å². The molecule has 0 bridgehead atoms. The maximum absolute atomic E-state index is 3.52. The third kappa shape index (κ3) is 4.33. The van der Waals surface area contributed by atoms with Gasteiger partial charge in [0.05, 0.1) is 6.04 Å². The Bertz CT molecular complexity index is 244. The van der Waals surface area contributed by atoms with Crippen LogP contribution in [-0.4, -0.2) is 32.1 Å². The summed E-state index contributed by atoms with van der Waals surface area (Å²) in [5.41, 5.74) is 0. The summed E-state index contributed by atoms with van der Waals surface area (Å²) in [5, 5.41) is 5.67. The van der Waals surface area contributed by atoms with Crippen molar-refractivity contribution >= 4 is 11.3 Å². The van der Waals surface area contributed by atoms with E-state index in [1.807, 2.05) is 11.3 Å². The molecule has 0 aliphatic rings. The summed E-state index contributed by atoms with van der Waals surface area (Å²) in [6.07, 6.45) is 2.53. The van der Waals surface area contributed by atoms with Gasteiger partial charge in [-0.25, -0.2) is 0 Å². The molecule has 15 heavy (non-hydrogen) atoms. The lowest BCUT2D eigenvalue weighted by molar-refractivity contribution is 0.292. The van der Waals surface area contributed by atoms with Gasteiger partial charge < -0.3 is 10.2 Å². The van der Waals surface area contributed by atoms with Crippen molar-refractivity contribution in [2.24, 2.45) is 0 Å². The van der Waals surface area contributed by atoms with E-state index in [1.165, 1.54) is 17.7 Å². The summed E-state index contributed by atoms with van der Waals surface area (Å²) in [7, 11) is 4.29. The predicted molar refractivity (Wildman–Crippen MR) is 68.5 cm³/mol. The lowest BCUT2D eigenvalue weighted by atomic mass is 10.2. The predicted octanol–water partition coefficient (Wildman–Crippen LogP) is 2.74.